The Kier molecular flexibility index (Phi) is 7.45. The normalized spacial score (nSPS) is 10.8. The summed E-state index contributed by atoms with van der Waals surface area (Å²) in [4.78, 5) is 16.6. The highest BCUT2D eigenvalue weighted by atomic mass is 32.1. The zero-order chi connectivity index (χ0) is 21.3. The number of methoxy groups -OCH3 is 2. The van der Waals surface area contributed by atoms with Gasteiger partial charge in [-0.1, -0.05) is 18.2 Å². The Labute approximate surface area is 179 Å². The van der Waals surface area contributed by atoms with Crippen LogP contribution >= 0.6 is 11.3 Å². The van der Waals surface area contributed by atoms with Crippen molar-refractivity contribution in [1.82, 2.24) is 4.98 Å². The van der Waals surface area contributed by atoms with Gasteiger partial charge >= 0.3 is 5.97 Å². The average Bonchev–Trinajstić information content (AvgIpc) is 3.26. The van der Waals surface area contributed by atoms with E-state index < -0.39 is 5.97 Å². The number of ether oxygens (including phenoxy) is 4. The molecule has 0 bridgehead atoms. The summed E-state index contributed by atoms with van der Waals surface area (Å²) in [6.45, 7) is 2.56. The molecular formula is C23H23NO5S. The van der Waals surface area contributed by atoms with E-state index in [0.717, 1.165) is 21.9 Å². The molecule has 0 saturated heterocycles. The van der Waals surface area contributed by atoms with E-state index in [1.807, 2.05) is 48.7 Å². The lowest BCUT2D eigenvalue weighted by Crippen LogP contribution is -2.01. The second-order valence-corrected chi connectivity index (χ2v) is 7.02. The van der Waals surface area contributed by atoms with Gasteiger partial charge in [-0.3, -0.25) is 0 Å². The van der Waals surface area contributed by atoms with Gasteiger partial charge in [0.15, 0.2) is 11.5 Å². The van der Waals surface area contributed by atoms with Crippen LogP contribution in [0.4, 0.5) is 0 Å². The van der Waals surface area contributed by atoms with Crippen LogP contribution in [0.2, 0.25) is 0 Å². The van der Waals surface area contributed by atoms with Crippen LogP contribution in [0.3, 0.4) is 0 Å². The Morgan fingerprint density at radius 2 is 1.97 bits per heavy atom. The summed E-state index contributed by atoms with van der Waals surface area (Å²) in [6.07, 6.45) is 3.05. The Bertz CT molecular complexity index is 1030. The largest absolute Gasteiger partial charge is 0.497 e. The second-order valence-electron chi connectivity index (χ2n) is 6.16. The van der Waals surface area contributed by atoms with Crippen LogP contribution in [-0.2, 0) is 16.1 Å². The maximum Gasteiger partial charge on any atom is 0.331 e. The molecule has 1 heterocycles. The fourth-order valence-electron chi connectivity index (χ4n) is 2.68. The molecule has 0 atom stereocenters. The molecule has 0 radical (unpaired) electrons. The molecule has 0 aliphatic carbocycles. The lowest BCUT2D eigenvalue weighted by molar-refractivity contribution is -0.139. The van der Waals surface area contributed by atoms with Crippen LogP contribution in [-0.4, -0.2) is 31.8 Å². The molecular weight excluding hydrogens is 402 g/mol. The molecule has 6 nitrogen and oxygen atoms in total. The summed E-state index contributed by atoms with van der Waals surface area (Å²) in [5.74, 6) is 1.60. The highest BCUT2D eigenvalue weighted by molar-refractivity contribution is 7.13. The average molecular weight is 426 g/mol. The van der Waals surface area contributed by atoms with E-state index in [9.17, 15) is 4.79 Å². The summed E-state index contributed by atoms with van der Waals surface area (Å²) in [5.41, 5.74) is 2.46. The highest BCUT2D eigenvalue weighted by Crippen LogP contribution is 2.29. The molecule has 30 heavy (non-hydrogen) atoms. The molecule has 0 aliphatic rings. The third kappa shape index (κ3) is 5.61. The fraction of sp³-hybridized carbons (Fsp3) is 0.217. The Morgan fingerprint density at radius 3 is 2.73 bits per heavy atom. The first kappa shape index (κ1) is 21.4. The minimum absolute atomic E-state index is 0.107. The van der Waals surface area contributed by atoms with Gasteiger partial charge in [-0.2, -0.15) is 0 Å². The van der Waals surface area contributed by atoms with Crippen molar-refractivity contribution in [1.29, 1.82) is 0 Å². The highest BCUT2D eigenvalue weighted by Gasteiger charge is 2.08. The molecule has 0 N–H and O–H groups in total. The van der Waals surface area contributed by atoms with E-state index in [1.165, 1.54) is 17.4 Å². The molecule has 0 amide bonds. The van der Waals surface area contributed by atoms with E-state index in [2.05, 4.69) is 4.98 Å². The number of carbonyl (C=O) groups excluding carboxylic acids is 1. The van der Waals surface area contributed by atoms with Crippen LogP contribution in [0.25, 0.3) is 16.6 Å². The standard InChI is InChI=1S/C23H23NO5S/c1-4-28-20-10-8-16(12-21(20)27-3)9-11-22(25)29-14-18-15-30-23(24-18)17-6-5-7-19(13-17)26-2/h5-13,15H,4,14H2,1-3H3/b11-9+. The van der Waals surface area contributed by atoms with Crippen LogP contribution < -0.4 is 14.2 Å². The molecule has 1 aromatic heterocycles. The van der Waals surface area contributed by atoms with E-state index >= 15 is 0 Å². The quantitative estimate of drug-likeness (QED) is 0.356. The van der Waals surface area contributed by atoms with E-state index in [1.54, 1.807) is 26.4 Å². The van der Waals surface area contributed by atoms with Gasteiger partial charge in [0.2, 0.25) is 0 Å². The van der Waals surface area contributed by atoms with E-state index in [0.29, 0.717) is 23.8 Å². The Balaban J connectivity index is 1.58. The maximum atomic E-state index is 12.1. The third-order valence-electron chi connectivity index (χ3n) is 4.13. The summed E-state index contributed by atoms with van der Waals surface area (Å²) in [6, 6.07) is 13.1. The smallest absolute Gasteiger partial charge is 0.331 e. The van der Waals surface area contributed by atoms with Gasteiger partial charge in [-0.15, -0.1) is 11.3 Å². The predicted molar refractivity (Wildman–Crippen MR) is 117 cm³/mol. The van der Waals surface area contributed by atoms with Crippen LogP contribution in [0.1, 0.15) is 18.2 Å². The number of hydrogen-bond donors (Lipinski definition) is 0. The van der Waals surface area contributed by atoms with Gasteiger partial charge in [-0.05, 0) is 42.8 Å². The number of aromatic nitrogens is 1. The van der Waals surface area contributed by atoms with Crippen molar-refractivity contribution in [2.24, 2.45) is 0 Å². The molecule has 0 aliphatic heterocycles. The van der Waals surface area contributed by atoms with Crippen molar-refractivity contribution < 1.29 is 23.7 Å². The molecule has 0 saturated carbocycles. The number of hydrogen-bond acceptors (Lipinski definition) is 7. The maximum absolute atomic E-state index is 12.1. The Hall–Kier alpha value is -3.32. The van der Waals surface area contributed by atoms with Crippen LogP contribution in [0.5, 0.6) is 17.2 Å². The number of esters is 1. The van der Waals surface area contributed by atoms with Crippen LogP contribution in [0.15, 0.2) is 53.9 Å². The van der Waals surface area contributed by atoms with Crippen molar-refractivity contribution in [3.63, 3.8) is 0 Å². The minimum Gasteiger partial charge on any atom is -0.497 e. The van der Waals surface area contributed by atoms with Crippen LogP contribution in [0, 0.1) is 0 Å². The minimum atomic E-state index is -0.446. The predicted octanol–water partition coefficient (Wildman–Crippen LogP) is 4.98. The van der Waals surface area contributed by atoms with Crippen molar-refractivity contribution in [3.05, 3.63) is 65.2 Å². The summed E-state index contributed by atoms with van der Waals surface area (Å²) < 4.78 is 21.3. The third-order valence-corrected chi connectivity index (χ3v) is 5.07. The van der Waals surface area contributed by atoms with Gasteiger partial charge in [0.05, 0.1) is 26.5 Å². The molecule has 0 spiro atoms. The molecule has 7 heteroatoms. The van der Waals surface area contributed by atoms with E-state index in [-0.39, 0.29) is 6.61 Å². The van der Waals surface area contributed by atoms with Crippen molar-refractivity contribution in [2.75, 3.05) is 20.8 Å². The second kappa shape index (κ2) is 10.5. The molecule has 156 valence electrons. The topological polar surface area (TPSA) is 66.9 Å². The molecule has 0 unspecified atom stereocenters. The zero-order valence-corrected chi connectivity index (χ0v) is 17.9. The fourth-order valence-corrected chi connectivity index (χ4v) is 3.48. The van der Waals surface area contributed by atoms with Gasteiger partial charge in [0, 0.05) is 17.0 Å². The summed E-state index contributed by atoms with van der Waals surface area (Å²) >= 11 is 1.49. The first-order chi connectivity index (χ1) is 14.6. The van der Waals surface area contributed by atoms with Gasteiger partial charge in [0.25, 0.3) is 0 Å². The first-order valence-electron chi connectivity index (χ1n) is 9.37. The monoisotopic (exact) mass is 425 g/mol. The van der Waals surface area contributed by atoms with Gasteiger partial charge in [-0.25, -0.2) is 9.78 Å². The molecule has 2 aromatic carbocycles. The summed E-state index contributed by atoms with van der Waals surface area (Å²) in [5, 5.41) is 2.72. The molecule has 3 rings (SSSR count). The van der Waals surface area contributed by atoms with Crippen molar-refractivity contribution >= 4 is 23.4 Å². The van der Waals surface area contributed by atoms with E-state index in [4.69, 9.17) is 18.9 Å². The SMILES string of the molecule is CCOc1ccc(/C=C/C(=O)OCc2csc(-c3cccc(OC)c3)n2)cc1OC. The first-order valence-corrected chi connectivity index (χ1v) is 10.3. The van der Waals surface area contributed by atoms with Crippen molar-refractivity contribution in [3.8, 4) is 27.8 Å². The van der Waals surface area contributed by atoms with Crippen molar-refractivity contribution in [2.45, 2.75) is 13.5 Å². The number of carbonyl (C=O) groups is 1. The zero-order valence-electron chi connectivity index (χ0n) is 17.1. The molecule has 0 fully saturated rings. The lowest BCUT2D eigenvalue weighted by Gasteiger charge is -2.09. The van der Waals surface area contributed by atoms with Gasteiger partial charge in [0.1, 0.15) is 17.4 Å². The summed E-state index contributed by atoms with van der Waals surface area (Å²) in [7, 11) is 3.20. The number of rotatable bonds is 9. The number of nitrogens with zero attached hydrogens (tertiary/aromatic N) is 1. The lowest BCUT2D eigenvalue weighted by atomic mass is 10.2. The Morgan fingerprint density at radius 1 is 1.10 bits per heavy atom. The number of benzene rings is 2. The molecule has 3 aromatic rings. The number of thiazole rings is 1. The van der Waals surface area contributed by atoms with Gasteiger partial charge < -0.3 is 18.9 Å².